The lowest BCUT2D eigenvalue weighted by atomic mass is 9.94. The standard InChI is InChI=1S/C11H21F3N2O/c1-2-3-9(6-7-15)4-5-10(17)16-8-11(12,13)14/h9H,2-8,15H2,1H3,(H,16,17). The number of carbonyl (C=O) groups is 1. The van der Waals surface area contributed by atoms with Crippen molar-refractivity contribution in [2.45, 2.75) is 45.2 Å². The van der Waals surface area contributed by atoms with Crippen LogP contribution in [-0.2, 0) is 4.79 Å². The molecule has 0 bridgehead atoms. The molecular formula is C11H21F3N2O. The van der Waals surface area contributed by atoms with Gasteiger partial charge >= 0.3 is 6.18 Å². The van der Waals surface area contributed by atoms with E-state index in [9.17, 15) is 18.0 Å². The van der Waals surface area contributed by atoms with Crippen LogP contribution in [0.1, 0.15) is 39.0 Å². The molecule has 0 rings (SSSR count). The first-order chi connectivity index (χ1) is 7.89. The van der Waals surface area contributed by atoms with Crippen LogP contribution in [0.3, 0.4) is 0 Å². The molecule has 0 fully saturated rings. The van der Waals surface area contributed by atoms with Crippen molar-refractivity contribution in [1.29, 1.82) is 0 Å². The van der Waals surface area contributed by atoms with E-state index < -0.39 is 18.6 Å². The zero-order chi connectivity index (χ0) is 13.3. The van der Waals surface area contributed by atoms with Crippen LogP contribution in [0.4, 0.5) is 13.2 Å². The fourth-order valence-electron chi connectivity index (χ4n) is 1.70. The summed E-state index contributed by atoms with van der Waals surface area (Å²) in [6, 6.07) is 0. The van der Waals surface area contributed by atoms with Crippen LogP contribution in [0, 0.1) is 5.92 Å². The lowest BCUT2D eigenvalue weighted by Gasteiger charge is -2.15. The van der Waals surface area contributed by atoms with E-state index in [0.717, 1.165) is 19.3 Å². The van der Waals surface area contributed by atoms with E-state index >= 15 is 0 Å². The van der Waals surface area contributed by atoms with Crippen LogP contribution in [0.25, 0.3) is 0 Å². The second-order valence-corrected chi connectivity index (χ2v) is 4.16. The lowest BCUT2D eigenvalue weighted by Crippen LogP contribution is -2.33. The minimum Gasteiger partial charge on any atom is -0.347 e. The van der Waals surface area contributed by atoms with Crippen molar-refractivity contribution >= 4 is 5.91 Å². The topological polar surface area (TPSA) is 55.1 Å². The molecule has 3 nitrogen and oxygen atoms in total. The van der Waals surface area contributed by atoms with Crippen LogP contribution in [-0.4, -0.2) is 25.2 Å². The van der Waals surface area contributed by atoms with Crippen LogP contribution in [0.2, 0.25) is 0 Å². The van der Waals surface area contributed by atoms with Gasteiger partial charge in [-0.3, -0.25) is 4.79 Å². The summed E-state index contributed by atoms with van der Waals surface area (Å²) in [5.74, 6) is -0.206. The van der Waals surface area contributed by atoms with Crippen LogP contribution >= 0.6 is 0 Å². The highest BCUT2D eigenvalue weighted by atomic mass is 19.4. The third kappa shape index (κ3) is 10.1. The molecule has 0 aromatic heterocycles. The summed E-state index contributed by atoms with van der Waals surface area (Å²) in [4.78, 5) is 11.2. The number of carbonyl (C=O) groups excluding carboxylic acids is 1. The van der Waals surface area contributed by atoms with Crippen LogP contribution in [0.15, 0.2) is 0 Å². The molecule has 0 aliphatic heterocycles. The highest BCUT2D eigenvalue weighted by Gasteiger charge is 2.27. The average molecular weight is 254 g/mol. The molecule has 6 heteroatoms. The minimum atomic E-state index is -4.34. The predicted octanol–water partition coefficient (Wildman–Crippen LogP) is 2.21. The van der Waals surface area contributed by atoms with Crippen molar-refractivity contribution in [2.24, 2.45) is 11.7 Å². The van der Waals surface area contributed by atoms with E-state index in [0.29, 0.717) is 18.9 Å². The Bertz CT molecular complexity index is 213. The van der Waals surface area contributed by atoms with Gasteiger partial charge in [0.25, 0.3) is 0 Å². The molecule has 0 aromatic carbocycles. The van der Waals surface area contributed by atoms with Crippen molar-refractivity contribution < 1.29 is 18.0 Å². The summed E-state index contributed by atoms with van der Waals surface area (Å²) in [5.41, 5.74) is 5.43. The number of rotatable bonds is 8. The summed E-state index contributed by atoms with van der Waals surface area (Å²) < 4.78 is 35.5. The van der Waals surface area contributed by atoms with E-state index in [1.54, 1.807) is 0 Å². The number of nitrogens with one attached hydrogen (secondary N) is 1. The second kappa shape index (κ2) is 8.33. The SMILES string of the molecule is CCCC(CCN)CCC(=O)NCC(F)(F)F. The van der Waals surface area contributed by atoms with Gasteiger partial charge in [-0.2, -0.15) is 13.2 Å². The Balaban J connectivity index is 3.79. The van der Waals surface area contributed by atoms with Crippen LogP contribution < -0.4 is 11.1 Å². The number of nitrogens with two attached hydrogens (primary N) is 1. The first kappa shape index (κ1) is 16.2. The van der Waals surface area contributed by atoms with Crippen molar-refractivity contribution in [3.8, 4) is 0 Å². The molecule has 0 saturated carbocycles. The number of alkyl halides is 3. The monoisotopic (exact) mass is 254 g/mol. The molecule has 102 valence electrons. The summed E-state index contributed by atoms with van der Waals surface area (Å²) in [5, 5.41) is 1.87. The molecule has 17 heavy (non-hydrogen) atoms. The van der Waals surface area contributed by atoms with E-state index in [-0.39, 0.29) is 6.42 Å². The van der Waals surface area contributed by atoms with Crippen molar-refractivity contribution in [1.82, 2.24) is 5.32 Å². The molecule has 1 atom stereocenters. The molecule has 0 saturated heterocycles. The number of hydrogen-bond donors (Lipinski definition) is 2. The number of halogens is 3. The molecule has 0 aliphatic rings. The Morgan fingerprint density at radius 2 is 1.94 bits per heavy atom. The summed E-state index contributed by atoms with van der Waals surface area (Å²) in [6.45, 7) is 1.34. The number of amides is 1. The minimum absolute atomic E-state index is 0.140. The average Bonchev–Trinajstić information content (AvgIpc) is 2.23. The van der Waals surface area contributed by atoms with Gasteiger partial charge in [0, 0.05) is 6.42 Å². The summed E-state index contributed by atoms with van der Waals surface area (Å²) in [7, 11) is 0. The molecule has 1 unspecified atom stereocenters. The maximum Gasteiger partial charge on any atom is 0.405 e. The highest BCUT2D eigenvalue weighted by molar-refractivity contribution is 5.75. The van der Waals surface area contributed by atoms with E-state index in [1.807, 2.05) is 12.2 Å². The van der Waals surface area contributed by atoms with E-state index in [1.165, 1.54) is 0 Å². The van der Waals surface area contributed by atoms with Gasteiger partial charge in [0.2, 0.25) is 5.91 Å². The van der Waals surface area contributed by atoms with Gasteiger partial charge in [0.05, 0.1) is 0 Å². The van der Waals surface area contributed by atoms with Crippen LogP contribution in [0.5, 0.6) is 0 Å². The molecule has 1 amide bonds. The number of hydrogen-bond acceptors (Lipinski definition) is 2. The van der Waals surface area contributed by atoms with Gasteiger partial charge in [-0.1, -0.05) is 19.8 Å². The van der Waals surface area contributed by atoms with Crippen molar-refractivity contribution in [3.05, 3.63) is 0 Å². The summed E-state index contributed by atoms with van der Waals surface area (Å²) in [6.07, 6.45) is -0.815. The van der Waals surface area contributed by atoms with Gasteiger partial charge in [-0.25, -0.2) is 0 Å². The quantitative estimate of drug-likeness (QED) is 0.697. The highest BCUT2D eigenvalue weighted by Crippen LogP contribution is 2.17. The second-order valence-electron chi connectivity index (χ2n) is 4.16. The Kier molecular flexibility index (Phi) is 7.95. The Labute approximate surface area is 99.9 Å². The summed E-state index contributed by atoms with van der Waals surface area (Å²) >= 11 is 0. The third-order valence-corrected chi connectivity index (χ3v) is 2.54. The Hall–Kier alpha value is -0.780. The first-order valence-electron chi connectivity index (χ1n) is 5.92. The smallest absolute Gasteiger partial charge is 0.347 e. The molecular weight excluding hydrogens is 233 g/mol. The van der Waals surface area contributed by atoms with Gasteiger partial charge < -0.3 is 11.1 Å². The zero-order valence-electron chi connectivity index (χ0n) is 10.1. The normalized spacial score (nSPS) is 13.5. The van der Waals surface area contributed by atoms with Gasteiger partial charge in [0.15, 0.2) is 0 Å². The first-order valence-corrected chi connectivity index (χ1v) is 5.92. The van der Waals surface area contributed by atoms with Crippen molar-refractivity contribution in [3.63, 3.8) is 0 Å². The fraction of sp³-hybridized carbons (Fsp3) is 0.909. The molecule has 0 spiro atoms. The maximum absolute atomic E-state index is 11.8. The Morgan fingerprint density at radius 3 is 2.41 bits per heavy atom. The molecule has 3 N–H and O–H groups in total. The molecule has 0 radical (unpaired) electrons. The van der Waals surface area contributed by atoms with Crippen molar-refractivity contribution in [2.75, 3.05) is 13.1 Å². The van der Waals surface area contributed by atoms with Gasteiger partial charge in [-0.15, -0.1) is 0 Å². The zero-order valence-corrected chi connectivity index (χ0v) is 10.1. The molecule has 0 heterocycles. The van der Waals surface area contributed by atoms with E-state index in [4.69, 9.17) is 5.73 Å². The fourth-order valence-corrected chi connectivity index (χ4v) is 1.70. The lowest BCUT2D eigenvalue weighted by molar-refractivity contribution is -0.138. The maximum atomic E-state index is 11.8. The van der Waals surface area contributed by atoms with Gasteiger partial charge in [0.1, 0.15) is 6.54 Å². The Morgan fingerprint density at radius 1 is 1.29 bits per heavy atom. The molecule has 0 aromatic rings. The van der Waals surface area contributed by atoms with Gasteiger partial charge in [-0.05, 0) is 25.3 Å². The third-order valence-electron chi connectivity index (χ3n) is 2.54. The molecule has 0 aliphatic carbocycles. The predicted molar refractivity (Wildman–Crippen MR) is 60.4 cm³/mol. The largest absolute Gasteiger partial charge is 0.405 e. The van der Waals surface area contributed by atoms with E-state index in [2.05, 4.69) is 0 Å².